The highest BCUT2D eigenvalue weighted by Gasteiger charge is 2.36. The number of halogens is 3. The van der Waals surface area contributed by atoms with Crippen molar-refractivity contribution < 1.29 is 22.7 Å². The van der Waals surface area contributed by atoms with E-state index in [1.165, 1.54) is 18.2 Å². The average Bonchev–Trinajstić information content (AvgIpc) is 3.02. The summed E-state index contributed by atoms with van der Waals surface area (Å²) < 4.78 is 44.1. The van der Waals surface area contributed by atoms with Crippen LogP contribution in [0, 0.1) is 0 Å². The van der Waals surface area contributed by atoms with Crippen LogP contribution in [0.2, 0.25) is 0 Å². The van der Waals surface area contributed by atoms with Crippen LogP contribution in [-0.4, -0.2) is 36.5 Å². The van der Waals surface area contributed by atoms with Gasteiger partial charge in [0.25, 0.3) is 5.91 Å². The molecule has 3 rings (SSSR count). The second-order valence-corrected chi connectivity index (χ2v) is 6.26. The van der Waals surface area contributed by atoms with Crippen molar-refractivity contribution in [2.45, 2.75) is 18.1 Å². The van der Waals surface area contributed by atoms with E-state index in [2.05, 4.69) is 0 Å². The number of rotatable bonds is 4. The number of nitrogens with zero attached hydrogens (tertiary/aromatic N) is 1. The molecule has 0 unspecified atom stereocenters. The number of nitrogens with two attached hydrogens (primary N) is 1. The minimum atomic E-state index is -4.53. The summed E-state index contributed by atoms with van der Waals surface area (Å²) in [4.78, 5) is 13.9. The molecule has 138 valence electrons. The normalized spacial score (nSPS) is 20.2. The summed E-state index contributed by atoms with van der Waals surface area (Å²) in [5, 5.41) is 0. The maximum atomic E-state index is 13.0. The fraction of sp³-hybridized carbons (Fsp3) is 0.316. The Morgan fingerprint density at radius 2 is 1.73 bits per heavy atom. The van der Waals surface area contributed by atoms with Crippen molar-refractivity contribution in [1.82, 2.24) is 4.90 Å². The van der Waals surface area contributed by atoms with Gasteiger partial charge in [0.2, 0.25) is 0 Å². The number of carbonyl (C=O) groups is 1. The highest BCUT2D eigenvalue weighted by molar-refractivity contribution is 5.78. The Balaban J connectivity index is 1.63. The number of hydrogen-bond donors (Lipinski definition) is 1. The van der Waals surface area contributed by atoms with Crippen LogP contribution in [0.5, 0.6) is 5.75 Å². The van der Waals surface area contributed by atoms with Crippen LogP contribution < -0.4 is 10.5 Å². The van der Waals surface area contributed by atoms with Gasteiger partial charge in [-0.25, -0.2) is 0 Å². The molecule has 1 aliphatic rings. The van der Waals surface area contributed by atoms with Crippen LogP contribution in [-0.2, 0) is 11.0 Å². The minimum absolute atomic E-state index is 0.00242. The number of alkyl halides is 3. The third kappa shape index (κ3) is 3.99. The van der Waals surface area contributed by atoms with Gasteiger partial charge in [0, 0.05) is 25.0 Å². The van der Waals surface area contributed by atoms with E-state index in [0.29, 0.717) is 13.1 Å². The summed E-state index contributed by atoms with van der Waals surface area (Å²) in [7, 11) is 0. The van der Waals surface area contributed by atoms with Gasteiger partial charge in [-0.05, 0) is 17.7 Å². The average molecular weight is 364 g/mol. The van der Waals surface area contributed by atoms with Crippen LogP contribution in [0.3, 0.4) is 0 Å². The summed E-state index contributed by atoms with van der Waals surface area (Å²) in [6.07, 6.45) is -4.53. The van der Waals surface area contributed by atoms with E-state index < -0.39 is 18.3 Å². The third-order valence-electron chi connectivity index (χ3n) is 4.49. The minimum Gasteiger partial charge on any atom is -0.483 e. The van der Waals surface area contributed by atoms with Gasteiger partial charge in [-0.2, -0.15) is 13.2 Å². The molecular weight excluding hydrogens is 345 g/mol. The van der Waals surface area contributed by atoms with E-state index in [4.69, 9.17) is 10.5 Å². The van der Waals surface area contributed by atoms with E-state index in [-0.39, 0.29) is 23.6 Å². The zero-order valence-electron chi connectivity index (χ0n) is 13.9. The monoisotopic (exact) mass is 364 g/mol. The standard InChI is InChI=1S/C19H19F3N2O2/c20-19(21,22)15-8-4-5-9-17(15)26-12-18(25)24-10-14(16(23)11-24)13-6-2-1-3-7-13/h1-9,14,16H,10-12,23H2/t14-,16+/m0/s1. The first kappa shape index (κ1) is 18.3. The van der Waals surface area contributed by atoms with Gasteiger partial charge in [-0.15, -0.1) is 0 Å². The Kier molecular flexibility index (Phi) is 5.18. The molecule has 0 aromatic heterocycles. The molecular formula is C19H19F3N2O2. The van der Waals surface area contributed by atoms with Crippen molar-refractivity contribution in [2.75, 3.05) is 19.7 Å². The van der Waals surface area contributed by atoms with Crippen LogP contribution >= 0.6 is 0 Å². The molecule has 0 saturated carbocycles. The Morgan fingerprint density at radius 3 is 2.42 bits per heavy atom. The lowest BCUT2D eigenvalue weighted by Crippen LogP contribution is -2.35. The summed E-state index contributed by atoms with van der Waals surface area (Å²) in [5.41, 5.74) is 6.29. The molecule has 0 aliphatic carbocycles. The second-order valence-electron chi connectivity index (χ2n) is 6.26. The maximum absolute atomic E-state index is 13.0. The molecule has 1 amide bonds. The van der Waals surface area contributed by atoms with E-state index in [1.807, 2.05) is 30.3 Å². The molecule has 0 bridgehead atoms. The molecule has 1 heterocycles. The molecule has 0 radical (unpaired) electrons. The van der Waals surface area contributed by atoms with Crippen LogP contribution in [0.15, 0.2) is 54.6 Å². The van der Waals surface area contributed by atoms with Gasteiger partial charge < -0.3 is 15.4 Å². The first-order chi connectivity index (χ1) is 12.4. The molecule has 4 nitrogen and oxygen atoms in total. The maximum Gasteiger partial charge on any atom is 0.419 e. The molecule has 1 saturated heterocycles. The number of ether oxygens (including phenoxy) is 1. The molecule has 0 spiro atoms. The van der Waals surface area contributed by atoms with Gasteiger partial charge in [-0.1, -0.05) is 42.5 Å². The van der Waals surface area contributed by atoms with Crippen molar-refractivity contribution in [1.29, 1.82) is 0 Å². The van der Waals surface area contributed by atoms with E-state index in [9.17, 15) is 18.0 Å². The zero-order chi connectivity index (χ0) is 18.7. The Bertz CT molecular complexity index is 765. The quantitative estimate of drug-likeness (QED) is 0.907. The van der Waals surface area contributed by atoms with Crippen LogP contribution in [0.1, 0.15) is 17.0 Å². The number of para-hydroxylation sites is 1. The van der Waals surface area contributed by atoms with Gasteiger partial charge in [-0.3, -0.25) is 4.79 Å². The summed E-state index contributed by atoms with van der Waals surface area (Å²) in [5.74, 6) is -0.727. The topological polar surface area (TPSA) is 55.6 Å². The lowest BCUT2D eigenvalue weighted by atomic mass is 9.95. The Hall–Kier alpha value is -2.54. The SMILES string of the molecule is N[C@@H]1CN(C(=O)COc2ccccc2C(F)(F)F)C[C@H]1c1ccccc1. The fourth-order valence-corrected chi connectivity index (χ4v) is 3.14. The first-order valence-corrected chi connectivity index (χ1v) is 8.23. The second kappa shape index (κ2) is 7.37. The molecule has 7 heteroatoms. The predicted molar refractivity (Wildman–Crippen MR) is 90.7 cm³/mol. The van der Waals surface area contributed by atoms with Crippen molar-refractivity contribution in [3.05, 3.63) is 65.7 Å². The summed E-state index contributed by atoms with van der Waals surface area (Å²) in [6, 6.07) is 14.3. The Morgan fingerprint density at radius 1 is 1.08 bits per heavy atom. The largest absolute Gasteiger partial charge is 0.483 e. The van der Waals surface area contributed by atoms with E-state index in [1.54, 1.807) is 4.90 Å². The number of amides is 1. The molecule has 2 aromatic rings. The number of hydrogen-bond acceptors (Lipinski definition) is 3. The molecule has 2 N–H and O–H groups in total. The van der Waals surface area contributed by atoms with Crippen LogP contribution in [0.4, 0.5) is 13.2 Å². The van der Waals surface area contributed by atoms with Crippen molar-refractivity contribution in [3.8, 4) is 5.75 Å². The number of benzene rings is 2. The fourth-order valence-electron chi connectivity index (χ4n) is 3.14. The zero-order valence-corrected chi connectivity index (χ0v) is 13.9. The molecule has 26 heavy (non-hydrogen) atoms. The lowest BCUT2D eigenvalue weighted by molar-refractivity contribution is -0.140. The smallest absolute Gasteiger partial charge is 0.419 e. The summed E-state index contributed by atoms with van der Waals surface area (Å²) in [6.45, 7) is 0.318. The van der Waals surface area contributed by atoms with Gasteiger partial charge in [0.15, 0.2) is 6.61 Å². The first-order valence-electron chi connectivity index (χ1n) is 8.23. The Labute approximate surface area is 149 Å². The van der Waals surface area contributed by atoms with Gasteiger partial charge >= 0.3 is 6.18 Å². The van der Waals surface area contributed by atoms with E-state index >= 15 is 0 Å². The third-order valence-corrected chi connectivity index (χ3v) is 4.49. The predicted octanol–water partition coefficient (Wildman–Crippen LogP) is 3.04. The molecule has 2 aromatic carbocycles. The highest BCUT2D eigenvalue weighted by Crippen LogP contribution is 2.36. The molecule has 1 aliphatic heterocycles. The summed E-state index contributed by atoms with van der Waals surface area (Å²) >= 11 is 0. The van der Waals surface area contributed by atoms with Crippen molar-refractivity contribution in [2.24, 2.45) is 5.73 Å². The van der Waals surface area contributed by atoms with Crippen molar-refractivity contribution >= 4 is 5.91 Å². The van der Waals surface area contributed by atoms with Crippen molar-refractivity contribution in [3.63, 3.8) is 0 Å². The van der Waals surface area contributed by atoms with Gasteiger partial charge in [0.1, 0.15) is 5.75 Å². The van der Waals surface area contributed by atoms with Crippen LogP contribution in [0.25, 0.3) is 0 Å². The molecule has 2 atom stereocenters. The molecule has 1 fully saturated rings. The van der Waals surface area contributed by atoms with E-state index in [0.717, 1.165) is 11.6 Å². The lowest BCUT2D eigenvalue weighted by Gasteiger charge is -2.18. The van der Waals surface area contributed by atoms with Gasteiger partial charge in [0.05, 0.1) is 5.56 Å². The number of carbonyl (C=O) groups excluding carboxylic acids is 1. The number of likely N-dealkylation sites (tertiary alicyclic amines) is 1. The highest BCUT2D eigenvalue weighted by atomic mass is 19.4.